The van der Waals surface area contributed by atoms with Gasteiger partial charge in [0.05, 0.1) is 5.75 Å². The Morgan fingerprint density at radius 1 is 1.47 bits per heavy atom. The van der Waals surface area contributed by atoms with Crippen molar-refractivity contribution in [1.29, 1.82) is 0 Å². The average molecular weight is 268 g/mol. The fraction of sp³-hybridized carbons (Fsp3) is 0.556. The molecule has 0 spiro atoms. The number of sulfonamides is 1. The number of alkyl halides is 1. The molecule has 1 aromatic rings. The fourth-order valence-electron chi connectivity index (χ4n) is 1.07. The highest BCUT2D eigenvalue weighted by molar-refractivity contribution is 7.89. The van der Waals surface area contributed by atoms with Gasteiger partial charge in [0.25, 0.3) is 0 Å². The van der Waals surface area contributed by atoms with Crippen LogP contribution in [0.4, 0.5) is 0 Å². The number of nitrogens with one attached hydrogen (secondary N) is 1. The first kappa shape index (κ1) is 13.0. The third-order valence-electron chi connectivity index (χ3n) is 1.99. The quantitative estimate of drug-likeness (QED) is 0.803. The first-order valence-electron chi connectivity index (χ1n) is 4.60. The zero-order chi connectivity index (χ0) is 11.3. The van der Waals surface area contributed by atoms with E-state index in [1.54, 1.807) is 11.3 Å². The molecule has 1 heterocycles. The zero-order valence-electron chi connectivity index (χ0n) is 8.49. The third kappa shape index (κ3) is 4.51. The summed E-state index contributed by atoms with van der Waals surface area (Å²) >= 11 is 7.02. The Balaban J connectivity index is 2.46. The van der Waals surface area contributed by atoms with Crippen LogP contribution in [-0.4, -0.2) is 20.1 Å². The molecule has 0 radical (unpaired) electrons. The van der Waals surface area contributed by atoms with E-state index in [9.17, 15) is 8.42 Å². The number of rotatable bonds is 6. The van der Waals surface area contributed by atoms with Gasteiger partial charge in [-0.05, 0) is 35.2 Å². The number of halogens is 1. The Labute approximate surface area is 99.5 Å². The van der Waals surface area contributed by atoms with Crippen LogP contribution in [0.25, 0.3) is 0 Å². The molecule has 6 heteroatoms. The largest absolute Gasteiger partial charge is 0.212 e. The molecule has 0 aliphatic heterocycles. The van der Waals surface area contributed by atoms with Gasteiger partial charge < -0.3 is 0 Å². The molecule has 0 atom stereocenters. The fourth-order valence-corrected chi connectivity index (χ4v) is 3.27. The van der Waals surface area contributed by atoms with Crippen molar-refractivity contribution >= 4 is 33.0 Å². The summed E-state index contributed by atoms with van der Waals surface area (Å²) in [5, 5.41) is 3.96. The van der Waals surface area contributed by atoms with E-state index < -0.39 is 10.0 Å². The maximum Gasteiger partial charge on any atom is 0.211 e. The molecule has 0 fully saturated rings. The molecular weight excluding hydrogens is 254 g/mol. The molecular formula is C9H14ClNO2S2. The van der Waals surface area contributed by atoms with Crippen LogP contribution in [0.5, 0.6) is 0 Å². The Morgan fingerprint density at radius 3 is 2.73 bits per heavy atom. The highest BCUT2D eigenvalue weighted by Gasteiger charge is 2.09. The van der Waals surface area contributed by atoms with Gasteiger partial charge in [0.15, 0.2) is 0 Å². The minimum absolute atomic E-state index is 0.0969. The second-order valence-electron chi connectivity index (χ2n) is 3.26. The first-order chi connectivity index (χ1) is 7.05. The predicted molar refractivity (Wildman–Crippen MR) is 65.0 cm³/mol. The molecule has 86 valence electrons. The van der Waals surface area contributed by atoms with Gasteiger partial charge in [0, 0.05) is 12.4 Å². The second kappa shape index (κ2) is 5.84. The van der Waals surface area contributed by atoms with E-state index in [1.807, 2.05) is 17.7 Å². The summed E-state index contributed by atoms with van der Waals surface area (Å²) in [4.78, 5) is 0. The van der Waals surface area contributed by atoms with Crippen LogP contribution in [0.3, 0.4) is 0 Å². The van der Waals surface area contributed by atoms with Crippen molar-refractivity contribution in [2.24, 2.45) is 0 Å². The Morgan fingerprint density at radius 2 is 2.20 bits per heavy atom. The molecule has 0 unspecified atom stereocenters. The molecule has 3 nitrogen and oxygen atoms in total. The van der Waals surface area contributed by atoms with E-state index in [-0.39, 0.29) is 5.75 Å². The summed E-state index contributed by atoms with van der Waals surface area (Å²) in [7, 11) is -3.17. The van der Waals surface area contributed by atoms with Gasteiger partial charge in [-0.2, -0.15) is 11.3 Å². The van der Waals surface area contributed by atoms with Crippen molar-refractivity contribution in [2.45, 2.75) is 19.9 Å². The summed E-state index contributed by atoms with van der Waals surface area (Å²) in [6.45, 7) is 2.35. The molecule has 1 aromatic heterocycles. The maximum atomic E-state index is 11.4. The lowest BCUT2D eigenvalue weighted by atomic mass is 10.2. The summed E-state index contributed by atoms with van der Waals surface area (Å²) in [5.41, 5.74) is 2.16. The van der Waals surface area contributed by atoms with Crippen molar-refractivity contribution < 1.29 is 8.42 Å². The van der Waals surface area contributed by atoms with E-state index in [2.05, 4.69) is 4.72 Å². The van der Waals surface area contributed by atoms with Gasteiger partial charge in [-0.1, -0.05) is 0 Å². The maximum absolute atomic E-state index is 11.4. The Bertz CT molecular complexity index is 400. The van der Waals surface area contributed by atoms with Crippen molar-refractivity contribution in [3.8, 4) is 0 Å². The van der Waals surface area contributed by atoms with Gasteiger partial charge in [0.1, 0.15) is 0 Å². The lowest BCUT2D eigenvalue weighted by Gasteiger charge is -2.05. The Kier molecular flexibility index (Phi) is 5.05. The Hall–Kier alpha value is -0.100. The molecule has 1 rings (SSSR count). The highest BCUT2D eigenvalue weighted by atomic mass is 35.5. The highest BCUT2D eigenvalue weighted by Crippen LogP contribution is 2.13. The van der Waals surface area contributed by atoms with Crippen LogP contribution in [0, 0.1) is 6.92 Å². The van der Waals surface area contributed by atoms with Crippen LogP contribution in [0.2, 0.25) is 0 Å². The lowest BCUT2D eigenvalue weighted by molar-refractivity contribution is 0.580. The van der Waals surface area contributed by atoms with Crippen LogP contribution in [0.1, 0.15) is 17.5 Å². The lowest BCUT2D eigenvalue weighted by Crippen LogP contribution is -2.26. The standard InChI is InChI=1S/C9H14ClNO2S2/c1-8-6-14-7-9(8)5-11-15(12,13)4-2-3-10/h6-7,11H,2-5H2,1H3. The number of hydrogen-bond donors (Lipinski definition) is 1. The van der Waals surface area contributed by atoms with Crippen molar-refractivity contribution in [1.82, 2.24) is 4.72 Å². The number of thiophene rings is 1. The van der Waals surface area contributed by atoms with Crippen LogP contribution in [-0.2, 0) is 16.6 Å². The molecule has 15 heavy (non-hydrogen) atoms. The van der Waals surface area contributed by atoms with Gasteiger partial charge in [-0.15, -0.1) is 11.6 Å². The monoisotopic (exact) mass is 267 g/mol. The summed E-state index contributed by atoms with van der Waals surface area (Å²) < 4.78 is 25.4. The van der Waals surface area contributed by atoms with E-state index in [4.69, 9.17) is 11.6 Å². The molecule has 0 amide bonds. The summed E-state index contributed by atoms with van der Waals surface area (Å²) in [5.74, 6) is 0.470. The smallest absolute Gasteiger partial charge is 0.211 e. The van der Waals surface area contributed by atoms with Crippen molar-refractivity contribution in [2.75, 3.05) is 11.6 Å². The normalized spacial score (nSPS) is 11.9. The second-order valence-corrected chi connectivity index (χ2v) is 6.31. The minimum atomic E-state index is -3.17. The third-order valence-corrected chi connectivity index (χ3v) is 4.58. The van der Waals surface area contributed by atoms with Crippen molar-refractivity contribution in [3.05, 3.63) is 21.9 Å². The first-order valence-corrected chi connectivity index (χ1v) is 7.73. The molecule has 0 saturated heterocycles. The van der Waals surface area contributed by atoms with Crippen LogP contribution >= 0.6 is 22.9 Å². The topological polar surface area (TPSA) is 46.2 Å². The molecule has 0 bridgehead atoms. The van der Waals surface area contributed by atoms with Crippen LogP contribution < -0.4 is 4.72 Å². The SMILES string of the molecule is Cc1cscc1CNS(=O)(=O)CCCCl. The summed E-state index contributed by atoms with van der Waals surface area (Å²) in [6.07, 6.45) is 0.486. The van der Waals surface area contributed by atoms with Gasteiger partial charge >= 0.3 is 0 Å². The predicted octanol–water partition coefficient (Wildman–Crippen LogP) is 2.10. The summed E-state index contributed by atoms with van der Waals surface area (Å²) in [6, 6.07) is 0. The number of hydrogen-bond acceptors (Lipinski definition) is 3. The van der Waals surface area contributed by atoms with Crippen molar-refractivity contribution in [3.63, 3.8) is 0 Å². The molecule has 0 aliphatic rings. The van der Waals surface area contributed by atoms with E-state index in [0.717, 1.165) is 11.1 Å². The van der Waals surface area contributed by atoms with E-state index in [0.29, 0.717) is 18.8 Å². The number of aryl methyl sites for hydroxylation is 1. The van der Waals surface area contributed by atoms with Crippen LogP contribution in [0.15, 0.2) is 10.8 Å². The molecule has 0 aliphatic carbocycles. The van der Waals surface area contributed by atoms with Gasteiger partial charge in [-0.25, -0.2) is 13.1 Å². The van der Waals surface area contributed by atoms with E-state index >= 15 is 0 Å². The zero-order valence-corrected chi connectivity index (χ0v) is 10.9. The molecule has 0 aromatic carbocycles. The molecule has 0 saturated carbocycles. The average Bonchev–Trinajstić information content (AvgIpc) is 2.58. The van der Waals surface area contributed by atoms with Gasteiger partial charge in [0.2, 0.25) is 10.0 Å². The van der Waals surface area contributed by atoms with Gasteiger partial charge in [-0.3, -0.25) is 0 Å². The molecule has 1 N–H and O–H groups in total. The minimum Gasteiger partial charge on any atom is -0.212 e. The van der Waals surface area contributed by atoms with E-state index in [1.165, 1.54) is 0 Å².